The van der Waals surface area contributed by atoms with E-state index in [0.717, 1.165) is 24.0 Å². The lowest BCUT2D eigenvalue weighted by Crippen LogP contribution is -2.46. The largest absolute Gasteiger partial charge is 0.481 e. The standard InChI is InChI=1S/C17H18N2O3/c18-11-17(7-3-4-8-17)16(22)19-9-12-5-1-2-6-13(12)14(10-19)15(20)21/h1-2,5-6,14H,3-4,7-10H2,(H,20,21)/t14-/m1/s1. The Bertz CT molecular complexity index is 656. The lowest BCUT2D eigenvalue weighted by molar-refractivity contribution is -0.144. The summed E-state index contributed by atoms with van der Waals surface area (Å²) >= 11 is 0. The molecule has 114 valence electrons. The Morgan fingerprint density at radius 2 is 1.95 bits per heavy atom. The number of rotatable bonds is 2. The molecule has 22 heavy (non-hydrogen) atoms. The van der Waals surface area contributed by atoms with Gasteiger partial charge >= 0.3 is 5.97 Å². The Morgan fingerprint density at radius 3 is 2.59 bits per heavy atom. The Morgan fingerprint density at radius 1 is 1.27 bits per heavy atom. The fourth-order valence-corrected chi connectivity index (χ4v) is 3.63. The van der Waals surface area contributed by atoms with Crippen molar-refractivity contribution in [3.8, 4) is 6.07 Å². The van der Waals surface area contributed by atoms with Crippen molar-refractivity contribution in [1.29, 1.82) is 5.26 Å². The molecule has 1 aliphatic heterocycles. The molecule has 3 rings (SSSR count). The first-order chi connectivity index (χ1) is 10.6. The second kappa shape index (κ2) is 5.45. The normalized spacial score (nSPS) is 22.7. The average molecular weight is 298 g/mol. The van der Waals surface area contributed by atoms with Gasteiger partial charge in [0, 0.05) is 13.1 Å². The van der Waals surface area contributed by atoms with Gasteiger partial charge in [-0.15, -0.1) is 0 Å². The Kier molecular flexibility index (Phi) is 3.61. The summed E-state index contributed by atoms with van der Waals surface area (Å²) in [7, 11) is 0. The van der Waals surface area contributed by atoms with Crippen LogP contribution in [0.3, 0.4) is 0 Å². The van der Waals surface area contributed by atoms with E-state index in [0.29, 0.717) is 19.4 Å². The molecular weight excluding hydrogens is 280 g/mol. The SMILES string of the molecule is N#CC1(C(=O)N2Cc3ccccc3[C@H](C(=O)O)C2)CCCC1. The molecule has 2 aliphatic rings. The van der Waals surface area contributed by atoms with Crippen molar-refractivity contribution in [2.24, 2.45) is 5.41 Å². The minimum absolute atomic E-state index is 0.147. The first-order valence-corrected chi connectivity index (χ1v) is 7.59. The van der Waals surface area contributed by atoms with Gasteiger partial charge in [-0.3, -0.25) is 9.59 Å². The van der Waals surface area contributed by atoms with E-state index in [1.165, 1.54) is 0 Å². The number of amides is 1. The second-order valence-corrected chi connectivity index (χ2v) is 6.18. The molecule has 1 heterocycles. The maximum Gasteiger partial charge on any atom is 0.312 e. The third-order valence-electron chi connectivity index (χ3n) is 4.86. The van der Waals surface area contributed by atoms with Crippen LogP contribution in [0.1, 0.15) is 42.7 Å². The Balaban J connectivity index is 1.93. The van der Waals surface area contributed by atoms with Crippen molar-refractivity contribution in [3.05, 3.63) is 35.4 Å². The molecule has 0 radical (unpaired) electrons. The number of benzene rings is 1. The van der Waals surface area contributed by atoms with Gasteiger partial charge in [0.1, 0.15) is 5.41 Å². The summed E-state index contributed by atoms with van der Waals surface area (Å²) in [5.74, 6) is -1.85. The topological polar surface area (TPSA) is 81.4 Å². The number of aliphatic carboxylic acids is 1. The molecule has 0 bridgehead atoms. The summed E-state index contributed by atoms with van der Waals surface area (Å²) in [5.41, 5.74) is 0.687. The van der Waals surface area contributed by atoms with Crippen molar-refractivity contribution in [1.82, 2.24) is 4.90 Å². The van der Waals surface area contributed by atoms with E-state index in [1.54, 1.807) is 4.90 Å². The van der Waals surface area contributed by atoms with Gasteiger partial charge in [0.15, 0.2) is 0 Å². The van der Waals surface area contributed by atoms with Crippen LogP contribution in [0, 0.1) is 16.7 Å². The highest BCUT2D eigenvalue weighted by Gasteiger charge is 2.46. The van der Waals surface area contributed by atoms with Gasteiger partial charge in [-0.25, -0.2) is 0 Å². The van der Waals surface area contributed by atoms with E-state index in [1.807, 2.05) is 24.3 Å². The number of hydrogen-bond donors (Lipinski definition) is 1. The molecule has 1 aromatic carbocycles. The smallest absolute Gasteiger partial charge is 0.312 e. The third kappa shape index (κ3) is 2.25. The first-order valence-electron chi connectivity index (χ1n) is 7.59. The second-order valence-electron chi connectivity index (χ2n) is 6.18. The summed E-state index contributed by atoms with van der Waals surface area (Å²) < 4.78 is 0. The Labute approximate surface area is 129 Å². The number of carbonyl (C=O) groups excluding carboxylic acids is 1. The van der Waals surface area contributed by atoms with Crippen LogP contribution in [0.15, 0.2) is 24.3 Å². The molecule has 1 aromatic rings. The van der Waals surface area contributed by atoms with Gasteiger partial charge in [-0.05, 0) is 24.0 Å². The van der Waals surface area contributed by atoms with E-state index in [-0.39, 0.29) is 12.5 Å². The van der Waals surface area contributed by atoms with Crippen molar-refractivity contribution in [2.45, 2.75) is 38.1 Å². The van der Waals surface area contributed by atoms with Gasteiger partial charge in [0.2, 0.25) is 5.91 Å². The summed E-state index contributed by atoms with van der Waals surface area (Å²) in [5, 5.41) is 18.9. The van der Waals surface area contributed by atoms with Crippen LogP contribution in [0.25, 0.3) is 0 Å². The van der Waals surface area contributed by atoms with Crippen molar-refractivity contribution >= 4 is 11.9 Å². The van der Waals surface area contributed by atoms with Crippen LogP contribution >= 0.6 is 0 Å². The quantitative estimate of drug-likeness (QED) is 0.908. The zero-order valence-electron chi connectivity index (χ0n) is 12.3. The molecule has 5 heteroatoms. The van der Waals surface area contributed by atoms with E-state index < -0.39 is 17.3 Å². The third-order valence-corrected chi connectivity index (χ3v) is 4.86. The fourth-order valence-electron chi connectivity index (χ4n) is 3.63. The van der Waals surface area contributed by atoms with E-state index in [2.05, 4.69) is 6.07 Å². The fraction of sp³-hybridized carbons (Fsp3) is 0.471. The van der Waals surface area contributed by atoms with Crippen LogP contribution in [0.5, 0.6) is 0 Å². The number of hydrogen-bond acceptors (Lipinski definition) is 3. The van der Waals surface area contributed by atoms with Crippen LogP contribution in [-0.2, 0) is 16.1 Å². The highest BCUT2D eigenvalue weighted by atomic mass is 16.4. The number of nitriles is 1. The highest BCUT2D eigenvalue weighted by Crippen LogP contribution is 2.41. The lowest BCUT2D eigenvalue weighted by atomic mass is 9.83. The maximum absolute atomic E-state index is 12.8. The maximum atomic E-state index is 12.8. The van der Waals surface area contributed by atoms with Crippen molar-refractivity contribution in [3.63, 3.8) is 0 Å². The molecule has 5 nitrogen and oxygen atoms in total. The van der Waals surface area contributed by atoms with E-state index in [9.17, 15) is 20.0 Å². The number of carboxylic acid groups (broad SMARTS) is 1. The number of carboxylic acids is 1. The molecule has 0 unspecified atom stereocenters. The molecule has 1 atom stereocenters. The number of carbonyl (C=O) groups is 2. The predicted octanol–water partition coefficient (Wildman–Crippen LogP) is 2.28. The Hall–Kier alpha value is -2.35. The summed E-state index contributed by atoms with van der Waals surface area (Å²) in [6, 6.07) is 9.54. The molecule has 0 saturated heterocycles. The van der Waals surface area contributed by atoms with Gasteiger partial charge in [-0.1, -0.05) is 37.1 Å². The summed E-state index contributed by atoms with van der Waals surface area (Å²) in [4.78, 5) is 26.0. The summed E-state index contributed by atoms with van der Waals surface area (Å²) in [6.45, 7) is 0.539. The number of nitrogens with zero attached hydrogens (tertiary/aromatic N) is 2. The van der Waals surface area contributed by atoms with Crippen molar-refractivity contribution in [2.75, 3.05) is 6.54 Å². The van der Waals surface area contributed by atoms with Gasteiger partial charge < -0.3 is 10.0 Å². The molecule has 1 aliphatic carbocycles. The molecule has 1 saturated carbocycles. The monoisotopic (exact) mass is 298 g/mol. The highest BCUT2D eigenvalue weighted by molar-refractivity contribution is 5.87. The van der Waals surface area contributed by atoms with Gasteiger partial charge in [0.05, 0.1) is 12.0 Å². The van der Waals surface area contributed by atoms with E-state index in [4.69, 9.17) is 0 Å². The zero-order valence-corrected chi connectivity index (χ0v) is 12.3. The molecular formula is C17H18N2O3. The summed E-state index contributed by atoms with van der Waals surface area (Å²) in [6.07, 6.45) is 2.93. The molecule has 1 N–H and O–H groups in total. The van der Waals surface area contributed by atoms with Crippen LogP contribution in [-0.4, -0.2) is 28.4 Å². The minimum atomic E-state index is -0.949. The van der Waals surface area contributed by atoms with Crippen LogP contribution in [0.2, 0.25) is 0 Å². The average Bonchev–Trinajstić information content (AvgIpc) is 3.03. The van der Waals surface area contributed by atoms with Crippen LogP contribution in [0.4, 0.5) is 0 Å². The van der Waals surface area contributed by atoms with E-state index >= 15 is 0 Å². The van der Waals surface area contributed by atoms with Crippen molar-refractivity contribution < 1.29 is 14.7 Å². The molecule has 1 amide bonds. The first kappa shape index (κ1) is 14.6. The lowest BCUT2D eigenvalue weighted by Gasteiger charge is -2.36. The molecule has 1 fully saturated rings. The molecule has 0 spiro atoms. The molecule has 0 aromatic heterocycles. The van der Waals surface area contributed by atoms with Gasteiger partial charge in [-0.2, -0.15) is 5.26 Å². The van der Waals surface area contributed by atoms with Crippen LogP contribution < -0.4 is 0 Å². The number of fused-ring (bicyclic) bond motifs is 1. The predicted molar refractivity (Wildman–Crippen MR) is 78.7 cm³/mol. The van der Waals surface area contributed by atoms with Gasteiger partial charge in [0.25, 0.3) is 0 Å². The zero-order chi connectivity index (χ0) is 15.7. The minimum Gasteiger partial charge on any atom is -0.481 e.